The number of anilines is 1. The summed E-state index contributed by atoms with van der Waals surface area (Å²) in [6, 6.07) is 14.8. The number of hydrogen-bond donors (Lipinski definition) is 0. The van der Waals surface area contributed by atoms with Gasteiger partial charge in [0.25, 0.3) is 5.91 Å². The smallest absolute Gasteiger partial charge is 0.271 e. The molecule has 146 valence electrons. The lowest BCUT2D eigenvalue weighted by molar-refractivity contribution is -0.128. The lowest BCUT2D eigenvalue weighted by Gasteiger charge is -2.27. The largest absolute Gasteiger partial charge is 0.382 e. The zero-order valence-corrected chi connectivity index (χ0v) is 16.7. The van der Waals surface area contributed by atoms with Crippen LogP contribution in [0.2, 0.25) is 10.0 Å². The maximum absolute atomic E-state index is 13.3. The molecule has 0 bridgehead atoms. The number of benzene rings is 2. The average molecular weight is 419 g/mol. The van der Waals surface area contributed by atoms with Crippen molar-refractivity contribution in [2.24, 2.45) is 11.1 Å². The Morgan fingerprint density at radius 3 is 2.71 bits per heavy atom. The minimum Gasteiger partial charge on any atom is -0.382 e. The first-order valence-corrected chi connectivity index (χ1v) is 9.99. The van der Waals surface area contributed by atoms with Crippen LogP contribution in [0.15, 0.2) is 53.7 Å². The minimum atomic E-state index is -0.677. The number of oxime groups is 1. The maximum Gasteiger partial charge on any atom is 0.271 e. The van der Waals surface area contributed by atoms with Gasteiger partial charge in [-0.1, -0.05) is 52.6 Å². The first-order chi connectivity index (χ1) is 13.6. The van der Waals surface area contributed by atoms with E-state index in [1.54, 1.807) is 23.1 Å². The minimum absolute atomic E-state index is 0.109. The van der Waals surface area contributed by atoms with Gasteiger partial charge >= 0.3 is 0 Å². The lowest BCUT2D eigenvalue weighted by atomic mass is 10.0. The van der Waals surface area contributed by atoms with Crippen LogP contribution in [0, 0.1) is 5.92 Å². The molecule has 4 rings (SSSR count). The summed E-state index contributed by atoms with van der Waals surface area (Å²) in [7, 11) is 0. The molecular weight excluding hydrogens is 399 g/mol. The zero-order valence-electron chi connectivity index (χ0n) is 15.2. The van der Waals surface area contributed by atoms with Crippen molar-refractivity contribution < 1.29 is 14.4 Å². The van der Waals surface area contributed by atoms with Crippen LogP contribution in [-0.2, 0) is 14.4 Å². The monoisotopic (exact) mass is 418 g/mol. The Balaban J connectivity index is 1.51. The molecule has 7 heteroatoms. The van der Waals surface area contributed by atoms with Crippen LogP contribution in [0.3, 0.4) is 0 Å². The van der Waals surface area contributed by atoms with Crippen LogP contribution in [0.4, 0.5) is 5.69 Å². The second-order valence-electron chi connectivity index (χ2n) is 6.97. The van der Waals surface area contributed by atoms with Crippen LogP contribution >= 0.6 is 23.2 Å². The summed E-state index contributed by atoms with van der Waals surface area (Å²) < 4.78 is 5.48. The number of hydrogen-bond acceptors (Lipinski definition) is 4. The van der Waals surface area contributed by atoms with Gasteiger partial charge in [-0.05, 0) is 30.7 Å². The summed E-state index contributed by atoms with van der Waals surface area (Å²) in [5.41, 5.74) is 2.23. The van der Waals surface area contributed by atoms with Crippen molar-refractivity contribution in [3.63, 3.8) is 0 Å². The van der Waals surface area contributed by atoms with Gasteiger partial charge in [-0.15, -0.1) is 0 Å². The normalized spacial score (nSPS) is 21.3. The van der Waals surface area contributed by atoms with Crippen LogP contribution < -0.4 is 4.90 Å². The van der Waals surface area contributed by atoms with E-state index >= 15 is 0 Å². The molecule has 0 unspecified atom stereocenters. The fourth-order valence-electron chi connectivity index (χ4n) is 3.48. The van der Waals surface area contributed by atoms with Gasteiger partial charge in [0.15, 0.2) is 0 Å². The fourth-order valence-corrected chi connectivity index (χ4v) is 4.00. The molecule has 28 heavy (non-hydrogen) atoms. The summed E-state index contributed by atoms with van der Waals surface area (Å²) in [6.07, 6.45) is 0.638. The van der Waals surface area contributed by atoms with Crippen molar-refractivity contribution in [3.05, 3.63) is 64.1 Å². The van der Waals surface area contributed by atoms with E-state index in [1.807, 2.05) is 30.3 Å². The SMILES string of the molecule is O=C([C@H]1CC(c2ccc(Cl)cc2Cl)=NO1)N(C[C@@H]1CCOC1)c1ccccc1. The number of carbonyl (C=O) groups is 1. The molecule has 2 atom stereocenters. The molecule has 0 spiro atoms. The third kappa shape index (κ3) is 4.17. The van der Waals surface area contributed by atoms with Crippen molar-refractivity contribution in [2.75, 3.05) is 24.7 Å². The van der Waals surface area contributed by atoms with Gasteiger partial charge in [-0.3, -0.25) is 4.79 Å². The molecule has 0 saturated carbocycles. The van der Waals surface area contributed by atoms with Crippen molar-refractivity contribution in [1.29, 1.82) is 0 Å². The van der Waals surface area contributed by atoms with Gasteiger partial charge in [0.1, 0.15) is 0 Å². The van der Waals surface area contributed by atoms with E-state index in [0.717, 1.165) is 24.3 Å². The first kappa shape index (κ1) is 19.2. The number of carbonyl (C=O) groups excluding carboxylic acids is 1. The number of halogens is 2. The van der Waals surface area contributed by atoms with Gasteiger partial charge in [0, 0.05) is 41.8 Å². The highest BCUT2D eigenvalue weighted by Crippen LogP contribution is 2.28. The Bertz CT molecular complexity index is 882. The molecule has 2 aromatic rings. The van der Waals surface area contributed by atoms with Crippen molar-refractivity contribution in [3.8, 4) is 0 Å². The van der Waals surface area contributed by atoms with Crippen LogP contribution in [0.1, 0.15) is 18.4 Å². The molecule has 2 aromatic carbocycles. The van der Waals surface area contributed by atoms with Gasteiger partial charge in [-0.25, -0.2) is 0 Å². The van der Waals surface area contributed by atoms with E-state index in [4.69, 9.17) is 32.8 Å². The molecule has 1 amide bonds. The first-order valence-electron chi connectivity index (χ1n) is 9.24. The molecule has 5 nitrogen and oxygen atoms in total. The molecule has 2 aliphatic heterocycles. The van der Waals surface area contributed by atoms with Gasteiger partial charge in [-0.2, -0.15) is 0 Å². The molecular formula is C21H20Cl2N2O3. The molecule has 1 saturated heterocycles. The highest BCUT2D eigenvalue weighted by Gasteiger charge is 2.35. The summed E-state index contributed by atoms with van der Waals surface area (Å²) in [6.45, 7) is 2.01. The third-order valence-electron chi connectivity index (χ3n) is 4.99. The summed E-state index contributed by atoms with van der Waals surface area (Å²) in [5.74, 6) is 0.207. The van der Waals surface area contributed by atoms with Crippen molar-refractivity contribution in [2.45, 2.75) is 18.9 Å². The van der Waals surface area contributed by atoms with E-state index in [-0.39, 0.29) is 5.91 Å². The van der Waals surface area contributed by atoms with E-state index in [9.17, 15) is 4.79 Å². The Morgan fingerprint density at radius 2 is 2.00 bits per heavy atom. The van der Waals surface area contributed by atoms with E-state index in [2.05, 4.69) is 5.16 Å². The molecule has 2 heterocycles. The summed E-state index contributed by atoms with van der Waals surface area (Å²) in [5, 5.41) is 5.17. The predicted octanol–water partition coefficient (Wildman–Crippen LogP) is 4.56. The van der Waals surface area contributed by atoms with Crippen LogP contribution in [-0.4, -0.2) is 37.5 Å². The summed E-state index contributed by atoms with van der Waals surface area (Å²) in [4.78, 5) is 20.6. The lowest BCUT2D eigenvalue weighted by Crippen LogP contribution is -2.42. The second-order valence-corrected chi connectivity index (χ2v) is 7.82. The second kappa shape index (κ2) is 8.52. The van der Waals surface area contributed by atoms with Gasteiger partial charge < -0.3 is 14.5 Å². The average Bonchev–Trinajstić information content (AvgIpc) is 3.38. The highest BCUT2D eigenvalue weighted by atomic mass is 35.5. The Labute approximate surface area is 173 Å². The molecule has 0 N–H and O–H groups in total. The maximum atomic E-state index is 13.3. The fraction of sp³-hybridized carbons (Fsp3) is 0.333. The molecule has 2 aliphatic rings. The number of para-hydroxylation sites is 1. The number of ether oxygens (including phenoxy) is 1. The van der Waals surface area contributed by atoms with E-state index < -0.39 is 6.10 Å². The third-order valence-corrected chi connectivity index (χ3v) is 5.53. The highest BCUT2D eigenvalue weighted by molar-refractivity contribution is 6.37. The molecule has 0 aliphatic carbocycles. The number of rotatable bonds is 5. The van der Waals surface area contributed by atoms with E-state index in [0.29, 0.717) is 41.2 Å². The standard InChI is InChI=1S/C21H20Cl2N2O3/c22-15-6-7-17(18(23)10-15)19-11-20(28-24-19)21(26)25(12-14-8-9-27-13-14)16-4-2-1-3-5-16/h1-7,10,14,20H,8-9,11-13H2/t14-,20+/m0/s1. The number of amides is 1. The molecule has 1 fully saturated rings. The quantitative estimate of drug-likeness (QED) is 0.714. The number of nitrogens with zero attached hydrogens (tertiary/aromatic N) is 2. The van der Waals surface area contributed by atoms with Gasteiger partial charge in [0.2, 0.25) is 6.10 Å². The van der Waals surface area contributed by atoms with Gasteiger partial charge in [0.05, 0.1) is 17.3 Å². The molecule has 0 aromatic heterocycles. The van der Waals surface area contributed by atoms with Crippen molar-refractivity contribution >= 4 is 40.5 Å². The van der Waals surface area contributed by atoms with Crippen LogP contribution in [0.5, 0.6) is 0 Å². The molecule has 0 radical (unpaired) electrons. The van der Waals surface area contributed by atoms with Crippen LogP contribution in [0.25, 0.3) is 0 Å². The van der Waals surface area contributed by atoms with E-state index in [1.165, 1.54) is 0 Å². The topological polar surface area (TPSA) is 51.1 Å². The Hall–Kier alpha value is -2.08. The Kier molecular flexibility index (Phi) is 5.85. The predicted molar refractivity (Wildman–Crippen MR) is 110 cm³/mol. The summed E-state index contributed by atoms with van der Waals surface area (Å²) >= 11 is 12.2. The van der Waals surface area contributed by atoms with Crippen molar-refractivity contribution in [1.82, 2.24) is 0 Å². The Morgan fingerprint density at radius 1 is 1.18 bits per heavy atom. The zero-order chi connectivity index (χ0) is 19.5.